The minimum atomic E-state index is -0.000657. The largest absolute Gasteiger partial charge is 0.436 e. The van der Waals surface area contributed by atoms with Gasteiger partial charge in [-0.15, -0.1) is 0 Å². The van der Waals surface area contributed by atoms with Crippen LogP contribution in [0.5, 0.6) is 0 Å². The summed E-state index contributed by atoms with van der Waals surface area (Å²) in [6, 6.07) is 12.7. The molecule has 1 heterocycles. The standard InChI is InChI=1S/C17H15ClN2O2/c1-2-3-16(21)19-13-8-9-14-15(10-13)22-17(20-14)11-4-6-12(18)7-5-11/h4-10H,2-3H2,1H3,(H,19,21). The summed E-state index contributed by atoms with van der Waals surface area (Å²) in [7, 11) is 0. The van der Waals surface area contributed by atoms with E-state index in [0.29, 0.717) is 28.6 Å². The Morgan fingerprint density at radius 2 is 2.00 bits per heavy atom. The molecule has 0 aliphatic rings. The van der Waals surface area contributed by atoms with Gasteiger partial charge in [0.1, 0.15) is 5.52 Å². The van der Waals surface area contributed by atoms with Gasteiger partial charge in [0.05, 0.1) is 0 Å². The van der Waals surface area contributed by atoms with E-state index in [1.54, 1.807) is 18.2 Å². The molecule has 3 rings (SSSR count). The zero-order valence-corrected chi connectivity index (χ0v) is 12.9. The van der Waals surface area contributed by atoms with Crippen molar-refractivity contribution in [3.05, 3.63) is 47.5 Å². The molecule has 1 aromatic heterocycles. The van der Waals surface area contributed by atoms with Crippen molar-refractivity contribution in [1.82, 2.24) is 4.98 Å². The van der Waals surface area contributed by atoms with Gasteiger partial charge in [-0.2, -0.15) is 0 Å². The van der Waals surface area contributed by atoms with Crippen LogP contribution in [-0.4, -0.2) is 10.9 Å². The predicted molar refractivity (Wildman–Crippen MR) is 88.0 cm³/mol. The maximum atomic E-state index is 11.6. The molecule has 1 N–H and O–H groups in total. The number of aromatic nitrogens is 1. The number of fused-ring (bicyclic) bond motifs is 1. The molecule has 3 aromatic rings. The van der Waals surface area contributed by atoms with Crippen LogP contribution in [0.2, 0.25) is 5.02 Å². The third-order valence-electron chi connectivity index (χ3n) is 3.24. The number of hydrogen-bond donors (Lipinski definition) is 1. The molecular weight excluding hydrogens is 300 g/mol. The summed E-state index contributed by atoms with van der Waals surface area (Å²) >= 11 is 5.88. The molecule has 1 amide bonds. The van der Waals surface area contributed by atoms with Gasteiger partial charge in [-0.05, 0) is 42.8 Å². The molecule has 5 heteroatoms. The van der Waals surface area contributed by atoms with Gasteiger partial charge in [-0.1, -0.05) is 18.5 Å². The number of nitrogens with one attached hydrogen (secondary N) is 1. The Balaban J connectivity index is 1.90. The van der Waals surface area contributed by atoms with Crippen molar-refractivity contribution in [1.29, 1.82) is 0 Å². The number of anilines is 1. The molecule has 22 heavy (non-hydrogen) atoms. The number of oxazole rings is 1. The van der Waals surface area contributed by atoms with Crippen LogP contribution in [0.3, 0.4) is 0 Å². The molecule has 0 saturated carbocycles. The van der Waals surface area contributed by atoms with E-state index in [1.165, 1.54) is 0 Å². The van der Waals surface area contributed by atoms with Gasteiger partial charge in [0.25, 0.3) is 0 Å². The molecule has 4 nitrogen and oxygen atoms in total. The van der Waals surface area contributed by atoms with E-state index in [2.05, 4.69) is 10.3 Å². The molecule has 112 valence electrons. The van der Waals surface area contributed by atoms with E-state index in [9.17, 15) is 4.79 Å². The first kappa shape index (κ1) is 14.6. The van der Waals surface area contributed by atoms with Crippen molar-refractivity contribution in [2.24, 2.45) is 0 Å². The molecule has 0 radical (unpaired) electrons. The molecule has 0 unspecified atom stereocenters. The Hall–Kier alpha value is -2.33. The fourth-order valence-corrected chi connectivity index (χ4v) is 2.29. The fraction of sp³-hybridized carbons (Fsp3) is 0.176. The molecule has 0 aliphatic heterocycles. The van der Waals surface area contributed by atoms with Crippen LogP contribution < -0.4 is 5.32 Å². The smallest absolute Gasteiger partial charge is 0.227 e. The second-order valence-electron chi connectivity index (χ2n) is 5.01. The number of benzene rings is 2. The third-order valence-corrected chi connectivity index (χ3v) is 3.49. The summed E-state index contributed by atoms with van der Waals surface area (Å²) in [6.07, 6.45) is 1.32. The Labute approximate surface area is 133 Å². The first-order chi connectivity index (χ1) is 10.7. The Kier molecular flexibility index (Phi) is 4.11. The van der Waals surface area contributed by atoms with Gasteiger partial charge in [-0.25, -0.2) is 4.98 Å². The molecule has 0 spiro atoms. The van der Waals surface area contributed by atoms with E-state index in [0.717, 1.165) is 17.5 Å². The first-order valence-electron chi connectivity index (χ1n) is 7.12. The maximum Gasteiger partial charge on any atom is 0.227 e. The van der Waals surface area contributed by atoms with E-state index >= 15 is 0 Å². The van der Waals surface area contributed by atoms with Crippen LogP contribution in [0, 0.1) is 0 Å². The lowest BCUT2D eigenvalue weighted by atomic mass is 10.2. The zero-order valence-electron chi connectivity index (χ0n) is 12.1. The van der Waals surface area contributed by atoms with Gasteiger partial charge in [0, 0.05) is 28.8 Å². The number of hydrogen-bond acceptors (Lipinski definition) is 3. The van der Waals surface area contributed by atoms with Crippen LogP contribution in [0.15, 0.2) is 46.9 Å². The van der Waals surface area contributed by atoms with Gasteiger partial charge in [-0.3, -0.25) is 4.79 Å². The third kappa shape index (κ3) is 3.12. The summed E-state index contributed by atoms with van der Waals surface area (Å²) in [5.41, 5.74) is 2.96. The van der Waals surface area contributed by atoms with Gasteiger partial charge in [0.15, 0.2) is 5.58 Å². The van der Waals surface area contributed by atoms with Gasteiger partial charge in [0.2, 0.25) is 11.8 Å². The number of rotatable bonds is 4. The highest BCUT2D eigenvalue weighted by atomic mass is 35.5. The Morgan fingerprint density at radius 1 is 1.23 bits per heavy atom. The van der Waals surface area contributed by atoms with Crippen LogP contribution in [0.1, 0.15) is 19.8 Å². The van der Waals surface area contributed by atoms with Gasteiger partial charge >= 0.3 is 0 Å². The predicted octanol–water partition coefficient (Wildman–Crippen LogP) is 4.89. The normalized spacial score (nSPS) is 10.8. The summed E-state index contributed by atoms with van der Waals surface area (Å²) in [4.78, 5) is 16.1. The minimum absolute atomic E-state index is 0.000657. The molecule has 0 aliphatic carbocycles. The second kappa shape index (κ2) is 6.20. The highest BCUT2D eigenvalue weighted by Crippen LogP contribution is 2.27. The lowest BCUT2D eigenvalue weighted by molar-refractivity contribution is -0.116. The average molecular weight is 315 g/mol. The SMILES string of the molecule is CCCC(=O)Nc1ccc2nc(-c3ccc(Cl)cc3)oc2c1. The van der Waals surface area contributed by atoms with E-state index in [-0.39, 0.29) is 5.91 Å². The second-order valence-corrected chi connectivity index (χ2v) is 5.44. The number of carbonyl (C=O) groups is 1. The summed E-state index contributed by atoms with van der Waals surface area (Å²) in [5.74, 6) is 0.531. The van der Waals surface area contributed by atoms with Crippen molar-refractivity contribution < 1.29 is 9.21 Å². The highest BCUT2D eigenvalue weighted by Gasteiger charge is 2.09. The Bertz CT molecular complexity index is 809. The molecule has 2 aromatic carbocycles. The summed E-state index contributed by atoms with van der Waals surface area (Å²) < 4.78 is 5.77. The molecule has 0 atom stereocenters. The van der Waals surface area contributed by atoms with Crippen molar-refractivity contribution in [3.8, 4) is 11.5 Å². The zero-order chi connectivity index (χ0) is 15.5. The Morgan fingerprint density at radius 3 is 2.73 bits per heavy atom. The van der Waals surface area contributed by atoms with Crippen molar-refractivity contribution in [2.45, 2.75) is 19.8 Å². The lowest BCUT2D eigenvalue weighted by Crippen LogP contribution is -2.10. The monoisotopic (exact) mass is 314 g/mol. The lowest BCUT2D eigenvalue weighted by Gasteiger charge is -2.02. The minimum Gasteiger partial charge on any atom is -0.436 e. The number of halogens is 1. The van der Waals surface area contributed by atoms with Crippen LogP contribution in [0.4, 0.5) is 5.69 Å². The topological polar surface area (TPSA) is 55.1 Å². The molecular formula is C17H15ClN2O2. The molecule has 0 bridgehead atoms. The van der Waals surface area contributed by atoms with Crippen LogP contribution in [0.25, 0.3) is 22.6 Å². The average Bonchev–Trinajstić information content (AvgIpc) is 2.91. The van der Waals surface area contributed by atoms with Crippen LogP contribution >= 0.6 is 11.6 Å². The number of amides is 1. The highest BCUT2D eigenvalue weighted by molar-refractivity contribution is 6.30. The van der Waals surface area contributed by atoms with E-state index in [1.807, 2.05) is 31.2 Å². The van der Waals surface area contributed by atoms with Crippen molar-refractivity contribution in [2.75, 3.05) is 5.32 Å². The summed E-state index contributed by atoms with van der Waals surface area (Å²) in [5, 5.41) is 3.51. The maximum absolute atomic E-state index is 11.6. The van der Waals surface area contributed by atoms with Crippen molar-refractivity contribution in [3.63, 3.8) is 0 Å². The van der Waals surface area contributed by atoms with Crippen LogP contribution in [-0.2, 0) is 4.79 Å². The van der Waals surface area contributed by atoms with E-state index < -0.39 is 0 Å². The van der Waals surface area contributed by atoms with Crippen molar-refractivity contribution >= 4 is 34.3 Å². The van der Waals surface area contributed by atoms with E-state index in [4.69, 9.17) is 16.0 Å². The quantitative estimate of drug-likeness (QED) is 0.746. The number of carbonyl (C=O) groups excluding carboxylic acids is 1. The fourth-order valence-electron chi connectivity index (χ4n) is 2.17. The first-order valence-corrected chi connectivity index (χ1v) is 7.50. The van der Waals surface area contributed by atoms with Gasteiger partial charge < -0.3 is 9.73 Å². The summed E-state index contributed by atoms with van der Waals surface area (Å²) in [6.45, 7) is 1.97. The number of nitrogens with zero attached hydrogens (tertiary/aromatic N) is 1. The molecule has 0 saturated heterocycles. The molecule has 0 fully saturated rings.